The van der Waals surface area contributed by atoms with E-state index in [1.165, 1.54) is 50.4 Å². The molecule has 0 aromatic heterocycles. The first-order chi connectivity index (χ1) is 14.3. The van der Waals surface area contributed by atoms with Crippen molar-refractivity contribution in [1.82, 2.24) is 4.90 Å². The van der Waals surface area contributed by atoms with Crippen molar-refractivity contribution in [2.75, 3.05) is 19.0 Å². The number of methoxy groups -OCH3 is 1. The molecule has 30 heavy (non-hydrogen) atoms. The Hall–Kier alpha value is -4.01. The molecule has 0 aliphatic carbocycles. The smallest absolute Gasteiger partial charge is 0.337 e. The van der Waals surface area contributed by atoms with Crippen LogP contribution in [0.15, 0.2) is 48.5 Å². The maximum absolute atomic E-state index is 12.4. The Balaban J connectivity index is 1.55. The van der Waals surface area contributed by atoms with Gasteiger partial charge in [-0.2, -0.15) is 0 Å². The number of hydrogen-bond donors (Lipinski definition) is 1. The van der Waals surface area contributed by atoms with Crippen LogP contribution in [0, 0.1) is 0 Å². The summed E-state index contributed by atoms with van der Waals surface area (Å²) in [6, 6.07) is 11.0. The summed E-state index contributed by atoms with van der Waals surface area (Å²) in [5.41, 5.74) is 1.14. The largest absolute Gasteiger partial charge is 0.465 e. The lowest BCUT2D eigenvalue weighted by molar-refractivity contribution is -0.150. The number of esters is 2. The molecule has 2 aromatic rings. The van der Waals surface area contributed by atoms with Crippen molar-refractivity contribution in [2.45, 2.75) is 13.0 Å². The molecular weight excluding hydrogens is 392 g/mol. The van der Waals surface area contributed by atoms with Gasteiger partial charge in [-0.3, -0.25) is 19.3 Å². The molecular formula is C21H18N2O7. The second-order valence-electron chi connectivity index (χ2n) is 6.43. The second-order valence-corrected chi connectivity index (χ2v) is 6.43. The Kier molecular flexibility index (Phi) is 5.91. The van der Waals surface area contributed by atoms with E-state index in [1.54, 1.807) is 12.1 Å². The fourth-order valence-electron chi connectivity index (χ4n) is 2.93. The predicted octanol–water partition coefficient (Wildman–Crippen LogP) is 1.64. The highest BCUT2D eigenvalue weighted by Gasteiger charge is 2.41. The molecule has 1 N–H and O–H groups in total. The van der Waals surface area contributed by atoms with Gasteiger partial charge >= 0.3 is 11.9 Å². The Morgan fingerprint density at radius 1 is 0.967 bits per heavy atom. The third-order valence-corrected chi connectivity index (χ3v) is 4.49. The molecule has 9 heteroatoms. The third-order valence-electron chi connectivity index (χ3n) is 4.49. The molecule has 0 radical (unpaired) electrons. The quantitative estimate of drug-likeness (QED) is 0.568. The maximum Gasteiger partial charge on any atom is 0.337 e. The molecule has 0 bridgehead atoms. The molecule has 0 fully saturated rings. The monoisotopic (exact) mass is 410 g/mol. The predicted molar refractivity (Wildman–Crippen MR) is 104 cm³/mol. The summed E-state index contributed by atoms with van der Waals surface area (Å²) in [5.74, 6) is -3.20. The van der Waals surface area contributed by atoms with Crippen molar-refractivity contribution in [1.29, 1.82) is 0 Å². The first-order valence-electron chi connectivity index (χ1n) is 8.95. The molecule has 9 nitrogen and oxygen atoms in total. The zero-order valence-electron chi connectivity index (χ0n) is 16.2. The van der Waals surface area contributed by atoms with Gasteiger partial charge in [-0.25, -0.2) is 9.59 Å². The van der Waals surface area contributed by atoms with Crippen molar-refractivity contribution >= 4 is 35.3 Å². The lowest BCUT2D eigenvalue weighted by Crippen LogP contribution is -2.44. The zero-order chi connectivity index (χ0) is 21.8. The number of carbonyl (C=O) groups is 5. The summed E-state index contributed by atoms with van der Waals surface area (Å²) in [6.07, 6.45) is 0. The van der Waals surface area contributed by atoms with Crippen molar-refractivity contribution in [2.24, 2.45) is 0 Å². The van der Waals surface area contributed by atoms with E-state index >= 15 is 0 Å². The number of amides is 3. The molecule has 0 saturated heterocycles. The maximum atomic E-state index is 12.4. The van der Waals surface area contributed by atoms with E-state index in [4.69, 9.17) is 4.74 Å². The average Bonchev–Trinajstić information content (AvgIpc) is 3.02. The Labute approximate surface area is 171 Å². The highest BCUT2D eigenvalue weighted by atomic mass is 16.5. The van der Waals surface area contributed by atoms with E-state index < -0.39 is 42.3 Å². The van der Waals surface area contributed by atoms with Crippen LogP contribution < -0.4 is 5.32 Å². The molecule has 1 aliphatic heterocycles. The molecule has 3 rings (SSSR count). The van der Waals surface area contributed by atoms with Crippen LogP contribution in [-0.4, -0.2) is 54.3 Å². The third kappa shape index (κ3) is 4.04. The molecule has 1 heterocycles. The number of nitrogens with zero attached hydrogens (tertiary/aromatic N) is 1. The summed E-state index contributed by atoms with van der Waals surface area (Å²) in [4.78, 5) is 61.3. The van der Waals surface area contributed by atoms with Crippen LogP contribution in [0.1, 0.15) is 38.0 Å². The van der Waals surface area contributed by atoms with Gasteiger partial charge in [-0.15, -0.1) is 0 Å². The Bertz CT molecular complexity index is 995. The van der Waals surface area contributed by atoms with E-state index in [-0.39, 0.29) is 11.1 Å². The van der Waals surface area contributed by atoms with Gasteiger partial charge in [0, 0.05) is 5.69 Å². The van der Waals surface area contributed by atoms with E-state index in [2.05, 4.69) is 10.1 Å². The molecule has 2 aromatic carbocycles. The molecule has 0 spiro atoms. The van der Waals surface area contributed by atoms with Crippen molar-refractivity contribution in [3.05, 3.63) is 65.2 Å². The first-order valence-corrected chi connectivity index (χ1v) is 8.95. The molecule has 1 unspecified atom stereocenters. The van der Waals surface area contributed by atoms with Gasteiger partial charge in [0.15, 0.2) is 6.61 Å². The van der Waals surface area contributed by atoms with Crippen molar-refractivity contribution in [3.63, 3.8) is 0 Å². The van der Waals surface area contributed by atoms with Crippen molar-refractivity contribution in [3.8, 4) is 0 Å². The standard InChI is InChI=1S/C21H18N2O7/c1-12(23-18(25)15-5-3-4-6-16(15)19(23)26)20(27)30-11-17(24)22-14-9-7-13(8-10-14)21(28)29-2/h3-10,12H,11H2,1-2H3,(H,22,24). The molecule has 3 amide bonds. The van der Waals surface area contributed by atoms with E-state index in [0.717, 1.165) is 4.90 Å². The van der Waals surface area contributed by atoms with Crippen LogP contribution in [0.4, 0.5) is 5.69 Å². The number of nitrogens with one attached hydrogen (secondary N) is 1. The summed E-state index contributed by atoms with van der Waals surface area (Å²) in [5, 5.41) is 2.51. The fraction of sp³-hybridized carbons (Fsp3) is 0.190. The van der Waals surface area contributed by atoms with Gasteiger partial charge in [0.1, 0.15) is 6.04 Å². The molecule has 1 aliphatic rings. The summed E-state index contributed by atoms with van der Waals surface area (Å²) < 4.78 is 9.54. The van der Waals surface area contributed by atoms with Gasteiger partial charge < -0.3 is 14.8 Å². The zero-order valence-corrected chi connectivity index (χ0v) is 16.2. The highest BCUT2D eigenvalue weighted by Crippen LogP contribution is 2.24. The first kappa shape index (κ1) is 20.7. The second kappa shape index (κ2) is 8.56. The minimum Gasteiger partial charge on any atom is -0.465 e. The van der Waals surface area contributed by atoms with E-state index in [0.29, 0.717) is 11.3 Å². The van der Waals surface area contributed by atoms with Crippen LogP contribution in [0.2, 0.25) is 0 Å². The average molecular weight is 410 g/mol. The van der Waals surface area contributed by atoms with Gasteiger partial charge in [0.2, 0.25) is 0 Å². The van der Waals surface area contributed by atoms with Crippen LogP contribution in [0.5, 0.6) is 0 Å². The number of anilines is 1. The SMILES string of the molecule is COC(=O)c1ccc(NC(=O)COC(=O)C(C)N2C(=O)c3ccccc3C2=O)cc1. The van der Waals surface area contributed by atoms with Crippen LogP contribution in [-0.2, 0) is 19.1 Å². The number of benzene rings is 2. The minimum atomic E-state index is -1.19. The lowest BCUT2D eigenvalue weighted by Gasteiger charge is -2.20. The number of rotatable bonds is 6. The normalized spacial score (nSPS) is 13.5. The van der Waals surface area contributed by atoms with Crippen LogP contribution in [0.3, 0.4) is 0 Å². The fourth-order valence-corrected chi connectivity index (χ4v) is 2.93. The molecule has 0 saturated carbocycles. The molecule has 1 atom stereocenters. The number of hydrogen-bond acceptors (Lipinski definition) is 7. The van der Waals surface area contributed by atoms with Gasteiger partial charge in [0.05, 0.1) is 23.8 Å². The number of imide groups is 1. The van der Waals surface area contributed by atoms with Gasteiger partial charge in [0.25, 0.3) is 17.7 Å². The topological polar surface area (TPSA) is 119 Å². The summed E-state index contributed by atoms with van der Waals surface area (Å²) in [7, 11) is 1.26. The van der Waals surface area contributed by atoms with Gasteiger partial charge in [-0.1, -0.05) is 12.1 Å². The Morgan fingerprint density at radius 3 is 2.07 bits per heavy atom. The van der Waals surface area contributed by atoms with Gasteiger partial charge in [-0.05, 0) is 43.3 Å². The highest BCUT2D eigenvalue weighted by molar-refractivity contribution is 6.22. The van der Waals surface area contributed by atoms with E-state index in [1.807, 2.05) is 0 Å². The van der Waals surface area contributed by atoms with Crippen LogP contribution in [0.25, 0.3) is 0 Å². The van der Waals surface area contributed by atoms with Crippen molar-refractivity contribution < 1.29 is 33.4 Å². The Morgan fingerprint density at radius 2 is 1.53 bits per heavy atom. The van der Waals surface area contributed by atoms with Crippen LogP contribution >= 0.6 is 0 Å². The minimum absolute atomic E-state index is 0.218. The summed E-state index contributed by atoms with van der Waals surface area (Å²) >= 11 is 0. The van der Waals surface area contributed by atoms with E-state index in [9.17, 15) is 24.0 Å². The number of fused-ring (bicyclic) bond motifs is 1. The molecule has 154 valence electrons. The number of carbonyl (C=O) groups excluding carboxylic acids is 5. The lowest BCUT2D eigenvalue weighted by atomic mass is 10.1. The number of ether oxygens (including phenoxy) is 2. The summed E-state index contributed by atoms with van der Waals surface area (Å²) in [6.45, 7) is 0.749.